The topological polar surface area (TPSA) is 39.6 Å². The van der Waals surface area contributed by atoms with Gasteiger partial charge in [-0.15, -0.1) is 0 Å². The average Bonchev–Trinajstić information content (AvgIpc) is 2.96. The zero-order valence-corrected chi connectivity index (χ0v) is 15.1. The fourth-order valence-corrected chi connectivity index (χ4v) is 3.87. The monoisotopic (exact) mass is 402 g/mol. The smallest absolute Gasteiger partial charge is 0.0809 e. The Kier molecular flexibility index (Phi) is 4.69. The summed E-state index contributed by atoms with van der Waals surface area (Å²) >= 11 is 31.1. The van der Waals surface area contributed by atoms with Crippen LogP contribution in [0, 0.1) is 11.3 Å². The molecule has 1 N–H and O–H groups in total. The van der Waals surface area contributed by atoms with E-state index in [4.69, 9.17) is 63.3 Å². The van der Waals surface area contributed by atoms with Gasteiger partial charge in [0, 0.05) is 22.7 Å². The van der Waals surface area contributed by atoms with E-state index in [-0.39, 0.29) is 31.5 Å². The molecule has 0 bridgehead atoms. The van der Waals surface area contributed by atoms with Crippen LogP contribution in [0.3, 0.4) is 0 Å². The van der Waals surface area contributed by atoms with Crippen molar-refractivity contribution < 1.29 is 0 Å². The molecule has 0 aliphatic carbocycles. The van der Waals surface area contributed by atoms with Crippen molar-refractivity contribution in [3.05, 3.63) is 55.1 Å². The number of hydrogen-bond donors (Lipinski definition) is 1. The number of nitriles is 1. The van der Waals surface area contributed by atoms with Crippen molar-refractivity contribution in [1.82, 2.24) is 4.98 Å². The lowest BCUT2D eigenvalue weighted by Crippen LogP contribution is -1.89. The normalized spacial score (nSPS) is 11.0. The van der Waals surface area contributed by atoms with Crippen molar-refractivity contribution in [2.75, 3.05) is 0 Å². The second-order valence-electron chi connectivity index (χ2n) is 4.82. The van der Waals surface area contributed by atoms with Crippen molar-refractivity contribution in [2.45, 2.75) is 6.42 Å². The van der Waals surface area contributed by atoms with Gasteiger partial charge < -0.3 is 4.98 Å². The van der Waals surface area contributed by atoms with Crippen molar-refractivity contribution in [2.24, 2.45) is 0 Å². The number of hydrogen-bond acceptors (Lipinski definition) is 1. The van der Waals surface area contributed by atoms with Crippen LogP contribution < -0.4 is 0 Å². The summed E-state index contributed by atoms with van der Waals surface area (Å²) in [5, 5.41) is 10.7. The highest BCUT2D eigenvalue weighted by atomic mass is 35.5. The Morgan fingerprint density at radius 1 is 0.913 bits per heavy atom. The van der Waals surface area contributed by atoms with Crippen LogP contribution in [-0.4, -0.2) is 4.98 Å². The van der Waals surface area contributed by atoms with Gasteiger partial charge in [-0.2, -0.15) is 5.26 Å². The van der Waals surface area contributed by atoms with Crippen molar-refractivity contribution in [1.29, 1.82) is 5.26 Å². The maximum absolute atomic E-state index is 9.02. The molecule has 0 atom stereocenters. The number of halogens is 5. The Balaban J connectivity index is 2.43. The van der Waals surface area contributed by atoms with Crippen LogP contribution >= 0.6 is 58.0 Å². The second-order valence-corrected chi connectivity index (χ2v) is 6.71. The van der Waals surface area contributed by atoms with E-state index in [9.17, 15) is 0 Å². The first-order valence-corrected chi connectivity index (χ1v) is 8.34. The molecule has 116 valence electrons. The molecule has 0 aliphatic rings. The second kappa shape index (κ2) is 6.43. The zero-order valence-electron chi connectivity index (χ0n) is 11.4. The standard InChI is InChI=1S/C16H7Cl5N2/c17-12-11(13(18)15(20)16(21)14(12)19)8-2-1-3-9-10(8)7(4-5-22)6-23-9/h1-3,6,23H,4H2. The number of nitrogens with zero attached hydrogens (tertiary/aromatic N) is 1. The van der Waals surface area contributed by atoms with Gasteiger partial charge in [-0.05, 0) is 17.2 Å². The van der Waals surface area contributed by atoms with Crippen LogP contribution in [0.1, 0.15) is 5.56 Å². The molecule has 3 aromatic rings. The van der Waals surface area contributed by atoms with E-state index in [1.54, 1.807) is 6.20 Å². The van der Waals surface area contributed by atoms with Crippen LogP contribution in [0.2, 0.25) is 25.1 Å². The first-order chi connectivity index (χ1) is 11.0. The first-order valence-electron chi connectivity index (χ1n) is 6.45. The Morgan fingerprint density at radius 2 is 1.52 bits per heavy atom. The van der Waals surface area contributed by atoms with Gasteiger partial charge in [-0.3, -0.25) is 0 Å². The summed E-state index contributed by atoms with van der Waals surface area (Å²) in [7, 11) is 0. The van der Waals surface area contributed by atoms with E-state index in [1.807, 2.05) is 18.2 Å². The highest BCUT2D eigenvalue weighted by Gasteiger charge is 2.22. The third-order valence-electron chi connectivity index (χ3n) is 3.54. The molecule has 0 spiro atoms. The van der Waals surface area contributed by atoms with Crippen LogP contribution in [0.15, 0.2) is 24.4 Å². The minimum absolute atomic E-state index is 0.116. The van der Waals surface area contributed by atoms with E-state index < -0.39 is 0 Å². The van der Waals surface area contributed by atoms with E-state index in [2.05, 4.69) is 11.1 Å². The lowest BCUT2D eigenvalue weighted by Gasteiger charge is -2.14. The number of benzene rings is 2. The number of nitrogens with one attached hydrogen (secondary N) is 1. The number of aromatic amines is 1. The third kappa shape index (κ3) is 2.67. The number of rotatable bonds is 2. The number of aromatic nitrogens is 1. The molecule has 2 aromatic carbocycles. The quantitative estimate of drug-likeness (QED) is 0.357. The number of H-pyrrole nitrogens is 1. The molecule has 1 heterocycles. The molecule has 3 rings (SSSR count). The predicted molar refractivity (Wildman–Crippen MR) is 98.1 cm³/mol. The highest BCUT2D eigenvalue weighted by molar-refractivity contribution is 6.56. The summed E-state index contributed by atoms with van der Waals surface area (Å²) in [5.41, 5.74) is 2.94. The Morgan fingerprint density at radius 3 is 2.13 bits per heavy atom. The molecule has 23 heavy (non-hydrogen) atoms. The van der Waals surface area contributed by atoms with Crippen LogP contribution in [0.4, 0.5) is 0 Å². The van der Waals surface area contributed by atoms with Crippen LogP contribution in [-0.2, 0) is 6.42 Å². The fraction of sp³-hybridized carbons (Fsp3) is 0.0625. The Bertz CT molecular complexity index is 940. The van der Waals surface area contributed by atoms with Gasteiger partial charge >= 0.3 is 0 Å². The summed E-state index contributed by atoms with van der Waals surface area (Å²) in [6.07, 6.45) is 2.04. The van der Waals surface area contributed by atoms with Gasteiger partial charge in [0.2, 0.25) is 0 Å². The summed E-state index contributed by atoms with van der Waals surface area (Å²) in [4.78, 5) is 3.13. The Labute approximate surface area is 157 Å². The largest absolute Gasteiger partial charge is 0.361 e. The maximum atomic E-state index is 9.02. The average molecular weight is 405 g/mol. The maximum Gasteiger partial charge on any atom is 0.0809 e. The van der Waals surface area contributed by atoms with E-state index >= 15 is 0 Å². The molecule has 7 heteroatoms. The lowest BCUT2D eigenvalue weighted by atomic mass is 9.98. The minimum Gasteiger partial charge on any atom is -0.361 e. The van der Waals surface area contributed by atoms with Gasteiger partial charge in [0.05, 0.1) is 37.6 Å². The fourth-order valence-electron chi connectivity index (χ4n) is 2.53. The van der Waals surface area contributed by atoms with E-state index in [0.717, 1.165) is 22.0 Å². The van der Waals surface area contributed by atoms with Crippen molar-refractivity contribution in [3.8, 4) is 17.2 Å². The zero-order chi connectivity index (χ0) is 16.7. The molecular weight excluding hydrogens is 397 g/mol. The summed E-state index contributed by atoms with van der Waals surface area (Å²) < 4.78 is 0. The van der Waals surface area contributed by atoms with Gasteiger partial charge in [0.1, 0.15) is 0 Å². The first kappa shape index (κ1) is 16.8. The molecule has 1 aromatic heterocycles. The summed E-state index contributed by atoms with van der Waals surface area (Å²) in [5.74, 6) is 0. The molecule has 0 fully saturated rings. The lowest BCUT2D eigenvalue weighted by molar-refractivity contribution is 1.28. The minimum atomic E-state index is 0.116. The van der Waals surface area contributed by atoms with Gasteiger partial charge in [0.15, 0.2) is 0 Å². The molecule has 0 unspecified atom stereocenters. The molecular formula is C16H7Cl5N2. The Hall–Kier alpha value is -1.08. The highest BCUT2D eigenvalue weighted by Crippen LogP contribution is 2.49. The SMILES string of the molecule is N#CCc1c[nH]c2cccc(-c3c(Cl)c(Cl)c(Cl)c(Cl)c3Cl)c12. The molecule has 0 amide bonds. The van der Waals surface area contributed by atoms with E-state index in [0.29, 0.717) is 5.56 Å². The summed E-state index contributed by atoms with van der Waals surface area (Å²) in [6.45, 7) is 0. The van der Waals surface area contributed by atoms with Crippen molar-refractivity contribution >= 4 is 68.9 Å². The number of fused-ring (bicyclic) bond motifs is 1. The van der Waals surface area contributed by atoms with Crippen LogP contribution in [0.5, 0.6) is 0 Å². The van der Waals surface area contributed by atoms with Crippen molar-refractivity contribution in [3.63, 3.8) is 0 Å². The van der Waals surface area contributed by atoms with Gasteiger partial charge in [-0.25, -0.2) is 0 Å². The third-order valence-corrected chi connectivity index (χ3v) is 5.81. The molecule has 0 saturated heterocycles. The molecule has 2 nitrogen and oxygen atoms in total. The molecule has 0 aliphatic heterocycles. The summed E-state index contributed by atoms with van der Waals surface area (Å²) in [6, 6.07) is 7.75. The van der Waals surface area contributed by atoms with Gasteiger partial charge in [-0.1, -0.05) is 70.1 Å². The predicted octanol–water partition coefficient (Wildman–Crippen LogP) is 7.17. The molecule has 0 radical (unpaired) electrons. The van der Waals surface area contributed by atoms with E-state index in [1.165, 1.54) is 0 Å². The molecule has 0 saturated carbocycles. The van der Waals surface area contributed by atoms with Gasteiger partial charge in [0.25, 0.3) is 0 Å². The van der Waals surface area contributed by atoms with Crippen LogP contribution in [0.25, 0.3) is 22.0 Å².